The lowest BCUT2D eigenvalue weighted by Crippen LogP contribution is -2.13. The highest BCUT2D eigenvalue weighted by Crippen LogP contribution is 2.24. The first-order valence-electron chi connectivity index (χ1n) is 7.70. The third-order valence-electron chi connectivity index (χ3n) is 3.75. The lowest BCUT2D eigenvalue weighted by Gasteiger charge is -2.06. The van der Waals surface area contributed by atoms with E-state index < -0.39 is 0 Å². The predicted octanol–water partition coefficient (Wildman–Crippen LogP) is 4.11. The van der Waals surface area contributed by atoms with Crippen molar-refractivity contribution in [3.63, 3.8) is 0 Å². The summed E-state index contributed by atoms with van der Waals surface area (Å²) in [6, 6.07) is 15.3. The topological polar surface area (TPSA) is 60.7 Å². The summed E-state index contributed by atoms with van der Waals surface area (Å²) >= 11 is 3.46. The molecule has 3 rings (SSSR count). The quantitative estimate of drug-likeness (QED) is 0.621. The van der Waals surface area contributed by atoms with Crippen LogP contribution >= 0.6 is 15.9 Å². The van der Waals surface area contributed by atoms with Crippen molar-refractivity contribution in [3.05, 3.63) is 64.1 Å². The number of ketones is 1. The van der Waals surface area contributed by atoms with Crippen LogP contribution in [-0.4, -0.2) is 26.0 Å². The Hall–Kier alpha value is -2.34. The fourth-order valence-electron chi connectivity index (χ4n) is 2.33. The average molecular weight is 385 g/mol. The zero-order chi connectivity index (χ0) is 17.1. The summed E-state index contributed by atoms with van der Waals surface area (Å²) < 4.78 is 0.889. The van der Waals surface area contributed by atoms with E-state index in [1.807, 2.05) is 48.5 Å². The molecule has 0 amide bonds. The molecule has 6 heteroatoms. The van der Waals surface area contributed by atoms with E-state index in [-0.39, 0.29) is 12.3 Å². The van der Waals surface area contributed by atoms with Gasteiger partial charge in [0.2, 0.25) is 5.82 Å². The average Bonchev–Trinajstić information content (AvgIpc) is 3.03. The van der Waals surface area contributed by atoms with Gasteiger partial charge in [0.25, 0.3) is 0 Å². The summed E-state index contributed by atoms with van der Waals surface area (Å²) in [7, 11) is 0. The summed E-state index contributed by atoms with van der Waals surface area (Å²) in [4.78, 5) is 13.7. The van der Waals surface area contributed by atoms with Gasteiger partial charge in [-0.15, -0.1) is 10.2 Å². The Morgan fingerprint density at radius 1 is 1.12 bits per heavy atom. The van der Waals surface area contributed by atoms with Gasteiger partial charge in [0, 0.05) is 15.6 Å². The molecule has 0 aliphatic carbocycles. The first-order valence-corrected chi connectivity index (χ1v) is 8.50. The molecule has 122 valence electrons. The van der Waals surface area contributed by atoms with Crippen LogP contribution in [0.5, 0.6) is 0 Å². The molecule has 24 heavy (non-hydrogen) atoms. The monoisotopic (exact) mass is 384 g/mol. The fraction of sp³-hybridized carbons (Fsp3) is 0.222. The lowest BCUT2D eigenvalue weighted by molar-refractivity contribution is 0.0961. The maximum Gasteiger partial charge on any atom is 0.206 e. The number of Topliss-reactive ketones (excluding diaryl/α,β-unsaturated/α-hetero) is 1. The molecule has 0 aliphatic heterocycles. The van der Waals surface area contributed by atoms with E-state index in [0.29, 0.717) is 17.3 Å². The Kier molecular flexibility index (Phi) is 4.85. The highest BCUT2D eigenvalue weighted by atomic mass is 79.9. The van der Waals surface area contributed by atoms with Crippen molar-refractivity contribution in [2.24, 2.45) is 0 Å². The van der Waals surface area contributed by atoms with E-state index in [2.05, 4.69) is 45.2 Å². The molecule has 0 aliphatic rings. The number of aromatic nitrogens is 4. The molecule has 5 nitrogen and oxygen atoms in total. The van der Waals surface area contributed by atoms with E-state index >= 15 is 0 Å². The third kappa shape index (κ3) is 3.59. The van der Waals surface area contributed by atoms with E-state index in [1.54, 1.807) is 0 Å². The van der Waals surface area contributed by atoms with E-state index in [9.17, 15) is 4.79 Å². The van der Waals surface area contributed by atoms with Gasteiger partial charge in [-0.05, 0) is 28.8 Å². The molecular weight excluding hydrogens is 368 g/mol. The molecule has 3 aromatic rings. The van der Waals surface area contributed by atoms with Gasteiger partial charge >= 0.3 is 0 Å². The van der Waals surface area contributed by atoms with Crippen LogP contribution in [0.2, 0.25) is 0 Å². The van der Waals surface area contributed by atoms with Crippen molar-refractivity contribution in [3.8, 4) is 11.4 Å². The number of carbonyl (C=O) groups excluding carboxylic acids is 1. The number of hydrogen-bond donors (Lipinski definition) is 0. The second-order valence-corrected chi connectivity index (χ2v) is 6.68. The van der Waals surface area contributed by atoms with Crippen LogP contribution < -0.4 is 0 Å². The highest BCUT2D eigenvalue weighted by molar-refractivity contribution is 9.10. The molecular formula is C18H17BrN4O. The molecule has 0 unspecified atom stereocenters. The first kappa shape index (κ1) is 16.5. The predicted molar refractivity (Wildman–Crippen MR) is 95.8 cm³/mol. The minimum absolute atomic E-state index is 0.0404. The molecule has 0 fully saturated rings. The largest absolute Gasteiger partial charge is 0.292 e. The van der Waals surface area contributed by atoms with Crippen LogP contribution in [0.3, 0.4) is 0 Å². The van der Waals surface area contributed by atoms with Crippen molar-refractivity contribution in [2.45, 2.75) is 26.3 Å². The Morgan fingerprint density at radius 3 is 2.50 bits per heavy atom. The van der Waals surface area contributed by atoms with Gasteiger partial charge in [-0.1, -0.05) is 66.2 Å². The minimum atomic E-state index is -0.0404. The summed E-state index contributed by atoms with van der Waals surface area (Å²) in [6.07, 6.45) is 0. The standard InChI is InChI=1S/C18H17BrN4O/c1-12(2)13-7-9-14(10-8-13)17(24)11-23-21-18(20-22-23)15-5-3-4-6-16(15)19/h3-10,12H,11H2,1-2H3. The Bertz CT molecular complexity index is 855. The SMILES string of the molecule is CC(C)c1ccc(C(=O)Cn2nnc(-c3ccccc3Br)n2)cc1. The zero-order valence-electron chi connectivity index (χ0n) is 13.5. The third-order valence-corrected chi connectivity index (χ3v) is 4.44. The van der Waals surface area contributed by atoms with Gasteiger partial charge in [-0.2, -0.15) is 4.80 Å². The molecule has 2 aromatic carbocycles. The fourth-order valence-corrected chi connectivity index (χ4v) is 2.80. The number of halogens is 1. The maximum atomic E-state index is 12.4. The van der Waals surface area contributed by atoms with Gasteiger partial charge < -0.3 is 0 Å². The number of carbonyl (C=O) groups is 1. The van der Waals surface area contributed by atoms with Crippen LogP contribution in [0.25, 0.3) is 11.4 Å². The molecule has 0 atom stereocenters. The van der Waals surface area contributed by atoms with Gasteiger partial charge in [-0.25, -0.2) is 0 Å². The molecule has 0 spiro atoms. The summed E-state index contributed by atoms with van der Waals surface area (Å²) in [5.41, 5.74) is 2.71. The van der Waals surface area contributed by atoms with Crippen molar-refractivity contribution in [2.75, 3.05) is 0 Å². The first-order chi connectivity index (χ1) is 11.5. The van der Waals surface area contributed by atoms with E-state index in [4.69, 9.17) is 0 Å². The Balaban J connectivity index is 1.75. The lowest BCUT2D eigenvalue weighted by atomic mass is 10.0. The van der Waals surface area contributed by atoms with E-state index in [1.165, 1.54) is 10.4 Å². The second-order valence-electron chi connectivity index (χ2n) is 5.82. The second kappa shape index (κ2) is 7.05. The van der Waals surface area contributed by atoms with Crippen LogP contribution in [-0.2, 0) is 6.54 Å². The molecule has 1 aromatic heterocycles. The molecule has 0 saturated heterocycles. The van der Waals surface area contributed by atoms with Crippen molar-refractivity contribution < 1.29 is 4.79 Å². The summed E-state index contributed by atoms with van der Waals surface area (Å²) in [5, 5.41) is 12.3. The van der Waals surface area contributed by atoms with Crippen LogP contribution in [0.15, 0.2) is 53.0 Å². The van der Waals surface area contributed by atoms with Crippen LogP contribution in [0.4, 0.5) is 0 Å². The maximum absolute atomic E-state index is 12.4. The van der Waals surface area contributed by atoms with Gasteiger partial charge in [0.15, 0.2) is 5.78 Å². The normalized spacial score (nSPS) is 11.0. The van der Waals surface area contributed by atoms with Gasteiger partial charge in [0.05, 0.1) is 0 Å². The molecule has 0 saturated carbocycles. The summed E-state index contributed by atoms with van der Waals surface area (Å²) in [5.74, 6) is 0.893. The Labute approximate surface area is 148 Å². The number of tetrazole rings is 1. The number of hydrogen-bond acceptors (Lipinski definition) is 4. The molecule has 0 bridgehead atoms. The Morgan fingerprint density at radius 2 is 1.83 bits per heavy atom. The molecule has 1 heterocycles. The van der Waals surface area contributed by atoms with Crippen LogP contribution in [0, 0.1) is 0 Å². The van der Waals surface area contributed by atoms with Crippen LogP contribution in [0.1, 0.15) is 35.7 Å². The smallest absolute Gasteiger partial charge is 0.206 e. The highest BCUT2D eigenvalue weighted by Gasteiger charge is 2.13. The number of nitrogens with zero attached hydrogens (tertiary/aromatic N) is 4. The van der Waals surface area contributed by atoms with Gasteiger partial charge in [-0.3, -0.25) is 4.79 Å². The van der Waals surface area contributed by atoms with E-state index in [0.717, 1.165) is 10.0 Å². The number of rotatable bonds is 5. The molecule has 0 radical (unpaired) electrons. The van der Waals surface area contributed by atoms with Crippen molar-refractivity contribution >= 4 is 21.7 Å². The summed E-state index contributed by atoms with van der Waals surface area (Å²) in [6.45, 7) is 4.32. The van der Waals surface area contributed by atoms with Crippen molar-refractivity contribution in [1.29, 1.82) is 0 Å². The minimum Gasteiger partial charge on any atom is -0.292 e. The zero-order valence-corrected chi connectivity index (χ0v) is 15.1. The number of benzene rings is 2. The van der Waals surface area contributed by atoms with Gasteiger partial charge in [0.1, 0.15) is 6.54 Å². The molecule has 0 N–H and O–H groups in total. The van der Waals surface area contributed by atoms with Crippen molar-refractivity contribution in [1.82, 2.24) is 20.2 Å².